The van der Waals surface area contributed by atoms with E-state index in [2.05, 4.69) is 9.46 Å². The summed E-state index contributed by atoms with van der Waals surface area (Å²) in [7, 11) is -2.51. The molecular weight excluding hydrogens is 365 g/mol. The molecule has 1 N–H and O–H groups in total. The van der Waals surface area contributed by atoms with E-state index in [1.807, 2.05) is 0 Å². The number of benzene rings is 2. The van der Waals surface area contributed by atoms with E-state index in [9.17, 15) is 17.6 Å². The van der Waals surface area contributed by atoms with Crippen LogP contribution in [0.1, 0.15) is 21.5 Å². The molecule has 1 aliphatic heterocycles. The second kappa shape index (κ2) is 7.30. The highest BCUT2D eigenvalue weighted by atomic mass is 32.2. The SMILES string of the molecule is COC(=O)c1ccc(CNS(=O)(=O)Cc2ccc3c(c2)OCO3)c(F)c1. The van der Waals surface area contributed by atoms with Gasteiger partial charge in [-0.15, -0.1) is 0 Å². The van der Waals surface area contributed by atoms with Gasteiger partial charge in [0.25, 0.3) is 0 Å². The maximum absolute atomic E-state index is 14.0. The molecule has 9 heteroatoms. The Morgan fingerprint density at radius 2 is 1.96 bits per heavy atom. The summed E-state index contributed by atoms with van der Waals surface area (Å²) < 4.78 is 55.7. The molecule has 0 spiro atoms. The van der Waals surface area contributed by atoms with Crippen molar-refractivity contribution in [3.05, 3.63) is 58.9 Å². The summed E-state index contributed by atoms with van der Waals surface area (Å²) in [4.78, 5) is 11.4. The topological polar surface area (TPSA) is 90.9 Å². The quantitative estimate of drug-likeness (QED) is 0.770. The van der Waals surface area contributed by atoms with Crippen molar-refractivity contribution >= 4 is 16.0 Å². The zero-order chi connectivity index (χ0) is 18.7. The van der Waals surface area contributed by atoms with E-state index in [-0.39, 0.29) is 30.2 Å². The molecule has 2 aromatic carbocycles. The Labute approximate surface area is 149 Å². The number of sulfonamides is 1. The van der Waals surface area contributed by atoms with Gasteiger partial charge in [-0.25, -0.2) is 22.3 Å². The summed E-state index contributed by atoms with van der Waals surface area (Å²) in [6.45, 7) is -0.134. The monoisotopic (exact) mass is 381 g/mol. The van der Waals surface area contributed by atoms with Crippen LogP contribution in [0.3, 0.4) is 0 Å². The van der Waals surface area contributed by atoms with Crippen LogP contribution in [0.5, 0.6) is 11.5 Å². The molecule has 0 fully saturated rings. The number of ether oxygens (including phenoxy) is 3. The second-order valence-electron chi connectivity index (χ2n) is 5.57. The third-order valence-corrected chi connectivity index (χ3v) is 5.05. The van der Waals surface area contributed by atoms with E-state index >= 15 is 0 Å². The van der Waals surface area contributed by atoms with Crippen LogP contribution in [0.15, 0.2) is 36.4 Å². The molecule has 0 bridgehead atoms. The normalized spacial score (nSPS) is 12.8. The Morgan fingerprint density at radius 3 is 2.69 bits per heavy atom. The minimum absolute atomic E-state index is 0.0527. The number of hydrogen-bond donors (Lipinski definition) is 1. The number of hydrogen-bond acceptors (Lipinski definition) is 6. The number of fused-ring (bicyclic) bond motifs is 1. The van der Waals surface area contributed by atoms with Crippen LogP contribution in [0.4, 0.5) is 4.39 Å². The highest BCUT2D eigenvalue weighted by Crippen LogP contribution is 2.32. The van der Waals surface area contributed by atoms with E-state index in [1.165, 1.54) is 19.2 Å². The van der Waals surface area contributed by atoms with Gasteiger partial charge in [0, 0.05) is 12.1 Å². The van der Waals surface area contributed by atoms with E-state index in [0.29, 0.717) is 17.1 Å². The first-order valence-electron chi connectivity index (χ1n) is 7.60. The van der Waals surface area contributed by atoms with Crippen molar-refractivity contribution in [2.24, 2.45) is 0 Å². The number of nitrogens with one attached hydrogen (secondary N) is 1. The first kappa shape index (κ1) is 18.2. The molecule has 2 aromatic rings. The third kappa shape index (κ3) is 4.12. The zero-order valence-electron chi connectivity index (χ0n) is 13.8. The van der Waals surface area contributed by atoms with Gasteiger partial charge in [-0.2, -0.15) is 0 Å². The minimum atomic E-state index is -3.70. The fourth-order valence-electron chi connectivity index (χ4n) is 2.42. The Hall–Kier alpha value is -2.65. The molecule has 138 valence electrons. The molecule has 0 saturated carbocycles. The van der Waals surface area contributed by atoms with Crippen molar-refractivity contribution in [3.63, 3.8) is 0 Å². The summed E-state index contributed by atoms with van der Waals surface area (Å²) in [5, 5.41) is 0. The van der Waals surface area contributed by atoms with Gasteiger partial charge < -0.3 is 14.2 Å². The second-order valence-corrected chi connectivity index (χ2v) is 7.37. The lowest BCUT2D eigenvalue weighted by Gasteiger charge is -2.09. The molecule has 0 unspecified atom stereocenters. The van der Waals surface area contributed by atoms with E-state index in [0.717, 1.165) is 6.07 Å². The number of halogens is 1. The van der Waals surface area contributed by atoms with Crippen LogP contribution in [0.25, 0.3) is 0 Å². The molecular formula is C17H16FNO6S. The van der Waals surface area contributed by atoms with E-state index < -0.39 is 21.8 Å². The summed E-state index contributed by atoms with van der Waals surface area (Å²) in [5.41, 5.74) is 0.687. The van der Waals surface area contributed by atoms with E-state index in [1.54, 1.807) is 18.2 Å². The maximum atomic E-state index is 14.0. The summed E-state index contributed by atoms with van der Waals surface area (Å²) in [6, 6.07) is 8.57. The van der Waals surface area contributed by atoms with Crippen molar-refractivity contribution in [2.45, 2.75) is 12.3 Å². The number of rotatable bonds is 6. The molecule has 0 amide bonds. The summed E-state index contributed by atoms with van der Waals surface area (Å²) in [6.07, 6.45) is 0. The van der Waals surface area contributed by atoms with Gasteiger partial charge in [0.05, 0.1) is 18.4 Å². The Balaban J connectivity index is 1.66. The molecule has 0 radical (unpaired) electrons. The number of carbonyl (C=O) groups excluding carboxylic acids is 1. The first-order valence-corrected chi connectivity index (χ1v) is 9.26. The molecule has 1 aliphatic rings. The van der Waals surface area contributed by atoms with Gasteiger partial charge in [-0.05, 0) is 29.8 Å². The van der Waals surface area contributed by atoms with Gasteiger partial charge in [0.2, 0.25) is 16.8 Å². The van der Waals surface area contributed by atoms with Gasteiger partial charge in [0.15, 0.2) is 11.5 Å². The van der Waals surface area contributed by atoms with Crippen LogP contribution in [0, 0.1) is 5.82 Å². The van der Waals surface area contributed by atoms with Crippen LogP contribution >= 0.6 is 0 Å². The number of carbonyl (C=O) groups is 1. The molecule has 0 saturated heterocycles. The lowest BCUT2D eigenvalue weighted by atomic mass is 10.1. The van der Waals surface area contributed by atoms with Crippen LogP contribution in [0.2, 0.25) is 0 Å². The fraction of sp³-hybridized carbons (Fsp3) is 0.235. The molecule has 0 aromatic heterocycles. The fourth-order valence-corrected chi connectivity index (χ4v) is 3.52. The third-order valence-electron chi connectivity index (χ3n) is 3.75. The van der Waals surface area contributed by atoms with Gasteiger partial charge >= 0.3 is 5.97 Å². The maximum Gasteiger partial charge on any atom is 0.337 e. The standard InChI is InChI=1S/C17H16FNO6S/c1-23-17(20)12-3-4-13(14(18)7-12)8-19-26(21,22)9-11-2-5-15-16(6-11)25-10-24-15/h2-7,19H,8-10H2,1H3. The van der Waals surface area contributed by atoms with Gasteiger partial charge in [0.1, 0.15) is 5.82 Å². The molecule has 7 nitrogen and oxygen atoms in total. The largest absolute Gasteiger partial charge is 0.465 e. The van der Waals surface area contributed by atoms with Crippen LogP contribution < -0.4 is 14.2 Å². The Morgan fingerprint density at radius 1 is 1.19 bits per heavy atom. The average Bonchev–Trinajstić information content (AvgIpc) is 3.07. The van der Waals surface area contributed by atoms with Crippen molar-refractivity contribution in [1.29, 1.82) is 0 Å². The average molecular weight is 381 g/mol. The molecule has 0 atom stereocenters. The minimum Gasteiger partial charge on any atom is -0.465 e. The summed E-state index contributed by atoms with van der Waals surface area (Å²) >= 11 is 0. The van der Waals surface area contributed by atoms with Crippen molar-refractivity contribution in [2.75, 3.05) is 13.9 Å². The van der Waals surface area contributed by atoms with Gasteiger partial charge in [-0.3, -0.25) is 0 Å². The Kier molecular flexibility index (Phi) is 5.10. The predicted octanol–water partition coefficient (Wildman–Crippen LogP) is 1.96. The molecule has 0 aliphatic carbocycles. The Bertz CT molecular complexity index is 944. The highest BCUT2D eigenvalue weighted by Gasteiger charge is 2.18. The van der Waals surface area contributed by atoms with Crippen molar-refractivity contribution in [1.82, 2.24) is 4.72 Å². The van der Waals surface area contributed by atoms with Crippen molar-refractivity contribution in [3.8, 4) is 11.5 Å². The number of esters is 1. The number of methoxy groups -OCH3 is 1. The van der Waals surface area contributed by atoms with Gasteiger partial charge in [-0.1, -0.05) is 12.1 Å². The van der Waals surface area contributed by atoms with Crippen LogP contribution in [-0.4, -0.2) is 28.3 Å². The smallest absolute Gasteiger partial charge is 0.337 e. The van der Waals surface area contributed by atoms with E-state index in [4.69, 9.17) is 9.47 Å². The lowest BCUT2D eigenvalue weighted by molar-refractivity contribution is 0.0600. The van der Waals surface area contributed by atoms with Crippen molar-refractivity contribution < 1.29 is 31.8 Å². The molecule has 3 rings (SSSR count). The first-order chi connectivity index (χ1) is 12.4. The highest BCUT2D eigenvalue weighted by molar-refractivity contribution is 7.88. The molecule has 26 heavy (non-hydrogen) atoms. The summed E-state index contributed by atoms with van der Waals surface area (Å²) in [5.74, 6) is -0.600. The van der Waals surface area contributed by atoms with Crippen LogP contribution in [-0.2, 0) is 27.1 Å². The predicted molar refractivity (Wildman–Crippen MR) is 89.8 cm³/mol. The molecule has 1 heterocycles. The lowest BCUT2D eigenvalue weighted by Crippen LogP contribution is -2.25. The zero-order valence-corrected chi connectivity index (χ0v) is 14.6.